The number of carbonyl (C=O) groups is 1. The fourth-order valence-corrected chi connectivity index (χ4v) is 4.72. The molecule has 226 valence electrons. The molecule has 15 heteroatoms. The number of halogens is 6. The zero-order valence-electron chi connectivity index (χ0n) is 22.8. The van der Waals surface area contributed by atoms with Gasteiger partial charge in [0, 0.05) is 24.7 Å². The summed E-state index contributed by atoms with van der Waals surface area (Å²) in [6, 6.07) is 0.160. The Balaban J connectivity index is 2.55. The molecular formula is C25H36F6N6O3. The van der Waals surface area contributed by atoms with E-state index in [9.17, 15) is 31.1 Å². The zero-order chi connectivity index (χ0) is 30.3. The van der Waals surface area contributed by atoms with Crippen LogP contribution in [0.15, 0.2) is 33.6 Å². The second kappa shape index (κ2) is 14.0. The topological polar surface area (TPSA) is 116 Å². The molecule has 9 nitrogen and oxygen atoms in total. The van der Waals surface area contributed by atoms with Crippen molar-refractivity contribution >= 4 is 12.1 Å². The third-order valence-electron chi connectivity index (χ3n) is 6.51. The van der Waals surface area contributed by atoms with Gasteiger partial charge >= 0.3 is 18.4 Å². The SMILES string of the molecule is CCC1CC(N(Cc2cc(C(F)(F)F)cc(C(F)(F)F)c2)/C(N)=N/N=NCCO)CC(CC)N1C(=O)OC(C)C. The van der Waals surface area contributed by atoms with Crippen LogP contribution in [0.3, 0.4) is 0 Å². The Hall–Kier alpha value is -3.10. The van der Waals surface area contributed by atoms with E-state index in [-0.39, 0.29) is 48.9 Å². The van der Waals surface area contributed by atoms with Crippen LogP contribution in [-0.2, 0) is 23.6 Å². The number of ether oxygens (including phenoxy) is 1. The van der Waals surface area contributed by atoms with Crippen molar-refractivity contribution in [1.82, 2.24) is 9.80 Å². The van der Waals surface area contributed by atoms with E-state index in [1.54, 1.807) is 18.7 Å². The molecule has 2 unspecified atom stereocenters. The molecule has 1 aliphatic rings. The number of aliphatic hydroxyl groups excluding tert-OH is 1. The first kappa shape index (κ1) is 33.1. The number of benzene rings is 1. The second-order valence-corrected chi connectivity index (χ2v) is 9.77. The number of piperidine rings is 1. The second-order valence-electron chi connectivity index (χ2n) is 9.77. The van der Waals surface area contributed by atoms with E-state index in [1.807, 2.05) is 13.8 Å². The van der Waals surface area contributed by atoms with Crippen molar-refractivity contribution in [2.75, 3.05) is 13.2 Å². The minimum atomic E-state index is -5.01. The molecule has 0 bridgehead atoms. The quantitative estimate of drug-likeness (QED) is 0.126. The molecule has 1 aromatic rings. The summed E-state index contributed by atoms with van der Waals surface area (Å²) in [7, 11) is 0. The summed E-state index contributed by atoms with van der Waals surface area (Å²) in [6.45, 7) is 6.35. The lowest BCUT2D eigenvalue weighted by molar-refractivity contribution is -0.143. The Kier molecular flexibility index (Phi) is 11.6. The molecule has 2 rings (SSSR count). The van der Waals surface area contributed by atoms with Crippen molar-refractivity contribution in [3.05, 3.63) is 34.9 Å². The van der Waals surface area contributed by atoms with E-state index >= 15 is 0 Å². The summed E-state index contributed by atoms with van der Waals surface area (Å²) in [5, 5.41) is 19.8. The van der Waals surface area contributed by atoms with Crippen LogP contribution < -0.4 is 5.73 Å². The van der Waals surface area contributed by atoms with Crippen molar-refractivity contribution in [2.45, 2.75) is 96.5 Å². The van der Waals surface area contributed by atoms with Gasteiger partial charge in [-0.25, -0.2) is 4.79 Å². The zero-order valence-corrected chi connectivity index (χ0v) is 22.8. The van der Waals surface area contributed by atoms with Crippen LogP contribution in [0.25, 0.3) is 0 Å². The molecule has 0 saturated carbocycles. The average Bonchev–Trinajstić information content (AvgIpc) is 2.87. The summed E-state index contributed by atoms with van der Waals surface area (Å²) < 4.78 is 86.4. The first-order valence-corrected chi connectivity index (χ1v) is 13.0. The van der Waals surface area contributed by atoms with Crippen LogP contribution in [0.4, 0.5) is 31.1 Å². The van der Waals surface area contributed by atoms with Crippen LogP contribution in [0, 0.1) is 0 Å². The predicted molar refractivity (Wildman–Crippen MR) is 135 cm³/mol. The highest BCUT2D eigenvalue weighted by Gasteiger charge is 2.41. The van der Waals surface area contributed by atoms with E-state index in [4.69, 9.17) is 15.6 Å². The number of hydrogen-bond acceptors (Lipinski definition) is 5. The number of nitrogens with two attached hydrogens (primary N) is 1. The Morgan fingerprint density at radius 1 is 1.07 bits per heavy atom. The maximum Gasteiger partial charge on any atom is 0.416 e. The number of amides is 1. The van der Waals surface area contributed by atoms with Gasteiger partial charge in [-0.3, -0.25) is 0 Å². The van der Waals surface area contributed by atoms with E-state index in [0.29, 0.717) is 37.8 Å². The molecule has 1 aromatic carbocycles. The van der Waals surface area contributed by atoms with E-state index in [2.05, 4.69) is 15.4 Å². The molecule has 1 amide bonds. The van der Waals surface area contributed by atoms with Gasteiger partial charge in [-0.15, -0.1) is 0 Å². The van der Waals surface area contributed by atoms with Gasteiger partial charge in [0.1, 0.15) is 0 Å². The van der Waals surface area contributed by atoms with Crippen molar-refractivity contribution in [3.8, 4) is 0 Å². The number of carbonyl (C=O) groups excluding carboxylic acids is 1. The lowest BCUT2D eigenvalue weighted by Gasteiger charge is -2.47. The molecule has 40 heavy (non-hydrogen) atoms. The molecule has 2 atom stereocenters. The fourth-order valence-electron chi connectivity index (χ4n) is 4.72. The standard InChI is InChI=1S/C25H36F6N6O3/c1-5-19-12-21(13-20(6-2)37(19)23(39)40-15(3)4)36(22(32)34-35-33-7-8-38)14-16-9-17(24(26,27)28)11-18(10-16)25(29,30)31/h9-11,15,19-21,38H,5-8,12-14H2,1-4H3,(H2,32,33,34). The van der Waals surface area contributed by atoms with Gasteiger partial charge in [0.05, 0.1) is 30.4 Å². The van der Waals surface area contributed by atoms with Gasteiger partial charge in [-0.2, -0.15) is 31.5 Å². The molecule has 3 N–H and O–H groups in total. The first-order chi connectivity index (χ1) is 18.6. The lowest BCUT2D eigenvalue weighted by atomic mass is 9.87. The maximum absolute atomic E-state index is 13.5. The van der Waals surface area contributed by atoms with Gasteiger partial charge in [-0.05, 0) is 68.5 Å². The molecule has 1 fully saturated rings. The Morgan fingerprint density at radius 2 is 1.60 bits per heavy atom. The van der Waals surface area contributed by atoms with Crippen LogP contribution >= 0.6 is 0 Å². The van der Waals surface area contributed by atoms with Crippen LogP contribution in [0.5, 0.6) is 0 Å². The van der Waals surface area contributed by atoms with E-state index in [1.165, 1.54) is 4.90 Å². The van der Waals surface area contributed by atoms with Gasteiger partial charge in [0.25, 0.3) is 0 Å². The molecule has 0 aromatic heterocycles. The highest BCUT2D eigenvalue weighted by Crippen LogP contribution is 2.37. The normalized spacial score (nSPS) is 20.9. The predicted octanol–water partition coefficient (Wildman–Crippen LogP) is 5.77. The molecule has 0 radical (unpaired) electrons. The number of alkyl halides is 6. The maximum atomic E-state index is 13.5. The summed E-state index contributed by atoms with van der Waals surface area (Å²) in [5.41, 5.74) is 3.00. The van der Waals surface area contributed by atoms with Crippen molar-refractivity contribution in [1.29, 1.82) is 0 Å². The van der Waals surface area contributed by atoms with Crippen LogP contribution in [0.2, 0.25) is 0 Å². The number of likely N-dealkylation sites (tertiary alicyclic amines) is 1. The van der Waals surface area contributed by atoms with E-state index < -0.39 is 42.2 Å². The summed E-state index contributed by atoms with van der Waals surface area (Å²) in [5.74, 6) is -0.277. The Morgan fingerprint density at radius 3 is 2.02 bits per heavy atom. The summed E-state index contributed by atoms with van der Waals surface area (Å²) in [4.78, 5) is 15.9. The highest BCUT2D eigenvalue weighted by atomic mass is 19.4. The third-order valence-corrected chi connectivity index (χ3v) is 6.51. The van der Waals surface area contributed by atoms with Crippen molar-refractivity contribution < 1.29 is 41.0 Å². The molecule has 0 spiro atoms. The molecule has 1 aliphatic heterocycles. The minimum absolute atomic E-state index is 0.0629. The summed E-state index contributed by atoms with van der Waals surface area (Å²) >= 11 is 0. The average molecular weight is 583 g/mol. The largest absolute Gasteiger partial charge is 0.447 e. The molecule has 1 saturated heterocycles. The van der Waals surface area contributed by atoms with Crippen LogP contribution in [-0.4, -0.2) is 64.3 Å². The van der Waals surface area contributed by atoms with Gasteiger partial charge < -0.3 is 25.4 Å². The number of aliphatic hydroxyl groups is 1. The number of hydrogen-bond donors (Lipinski definition) is 2. The summed E-state index contributed by atoms with van der Waals surface area (Å²) in [6.07, 6.45) is -9.24. The lowest BCUT2D eigenvalue weighted by Crippen LogP contribution is -2.58. The number of guanidine groups is 1. The third kappa shape index (κ3) is 8.96. The van der Waals surface area contributed by atoms with E-state index in [0.717, 1.165) is 0 Å². The molecule has 1 heterocycles. The van der Waals surface area contributed by atoms with Gasteiger partial charge in [-0.1, -0.05) is 18.9 Å². The van der Waals surface area contributed by atoms with Crippen molar-refractivity contribution in [3.63, 3.8) is 0 Å². The van der Waals surface area contributed by atoms with Gasteiger partial charge in [0.15, 0.2) is 0 Å². The van der Waals surface area contributed by atoms with Crippen molar-refractivity contribution in [2.24, 2.45) is 21.2 Å². The highest BCUT2D eigenvalue weighted by molar-refractivity contribution is 5.78. The number of nitrogens with zero attached hydrogens (tertiary/aromatic N) is 5. The molecule has 0 aliphatic carbocycles. The molecular weight excluding hydrogens is 546 g/mol. The number of rotatable bonds is 9. The van der Waals surface area contributed by atoms with Crippen LogP contribution in [0.1, 0.15) is 70.1 Å². The Labute approximate surface area is 229 Å². The Bertz CT molecular complexity index is 1000. The van der Waals surface area contributed by atoms with Gasteiger partial charge in [0.2, 0.25) is 5.96 Å². The smallest absolute Gasteiger partial charge is 0.416 e. The first-order valence-electron chi connectivity index (χ1n) is 13.0. The minimum Gasteiger partial charge on any atom is -0.447 e. The monoisotopic (exact) mass is 582 g/mol. The fraction of sp³-hybridized carbons (Fsp3) is 0.680.